The van der Waals surface area contributed by atoms with Gasteiger partial charge in [0.05, 0.1) is 4.90 Å². The van der Waals surface area contributed by atoms with E-state index in [-0.39, 0.29) is 10.8 Å². The number of aryl methyl sites for hydroxylation is 1. The van der Waals surface area contributed by atoms with E-state index >= 15 is 0 Å². The van der Waals surface area contributed by atoms with E-state index in [0.29, 0.717) is 17.0 Å². The zero-order chi connectivity index (χ0) is 20.2. The van der Waals surface area contributed by atoms with E-state index in [1.54, 1.807) is 36.4 Å². The topological polar surface area (TPSA) is 73.3 Å². The highest BCUT2D eigenvalue weighted by Crippen LogP contribution is 2.39. The fourth-order valence-corrected chi connectivity index (χ4v) is 5.96. The van der Waals surface area contributed by atoms with Crippen LogP contribution in [0.25, 0.3) is 0 Å². The molecule has 3 aliphatic heterocycles. The van der Waals surface area contributed by atoms with Gasteiger partial charge in [0.15, 0.2) is 12.1 Å². The number of hydrazone groups is 1. The molecule has 1 saturated heterocycles. The van der Waals surface area contributed by atoms with Gasteiger partial charge in [-0.3, -0.25) is 9.69 Å². The van der Waals surface area contributed by atoms with Crippen molar-refractivity contribution < 1.29 is 13.2 Å². The minimum absolute atomic E-state index is 0.253. The first kappa shape index (κ1) is 18.3. The quantitative estimate of drug-likeness (QED) is 0.763. The molecule has 2 aromatic rings. The Bertz CT molecular complexity index is 1110. The number of amidine groups is 1. The van der Waals surface area contributed by atoms with Crippen LogP contribution in [0.3, 0.4) is 0 Å². The van der Waals surface area contributed by atoms with Gasteiger partial charge in [-0.1, -0.05) is 36.2 Å². The highest BCUT2D eigenvalue weighted by atomic mass is 32.2. The zero-order valence-electron chi connectivity index (χ0n) is 16.2. The van der Waals surface area contributed by atoms with Gasteiger partial charge in [-0.2, -0.15) is 5.01 Å². The van der Waals surface area contributed by atoms with Crippen LogP contribution in [0.15, 0.2) is 58.5 Å². The Morgan fingerprint density at radius 3 is 2.41 bits per heavy atom. The molecule has 0 saturated carbocycles. The summed E-state index contributed by atoms with van der Waals surface area (Å²) in [5, 5.41) is 5.89. The Labute approximate surface area is 170 Å². The second-order valence-corrected chi connectivity index (χ2v) is 9.46. The summed E-state index contributed by atoms with van der Waals surface area (Å²) in [4.78, 5) is 15.6. The zero-order valence-corrected chi connectivity index (χ0v) is 17.0. The lowest BCUT2D eigenvalue weighted by atomic mass is 10.1. The Morgan fingerprint density at radius 1 is 1.00 bits per heavy atom. The summed E-state index contributed by atoms with van der Waals surface area (Å²) in [5.74, 6) is 0.0341. The Morgan fingerprint density at radius 2 is 1.69 bits per heavy atom. The third-order valence-corrected chi connectivity index (χ3v) is 7.52. The molecule has 0 N–H and O–H groups in total. The molecule has 0 bridgehead atoms. The molecule has 0 spiro atoms. The van der Waals surface area contributed by atoms with Gasteiger partial charge in [0.2, 0.25) is 0 Å². The molecule has 3 aliphatic rings. The molecule has 1 amide bonds. The molecule has 8 heteroatoms. The normalized spacial score (nSPS) is 22.9. The van der Waals surface area contributed by atoms with Crippen LogP contribution in [0.4, 0.5) is 0 Å². The number of sulfonamides is 1. The van der Waals surface area contributed by atoms with Gasteiger partial charge in [0, 0.05) is 24.2 Å². The lowest BCUT2D eigenvalue weighted by molar-refractivity contribution is 0.00557. The molecule has 2 aromatic carbocycles. The van der Waals surface area contributed by atoms with Crippen LogP contribution in [0.2, 0.25) is 0 Å². The molecule has 3 heterocycles. The van der Waals surface area contributed by atoms with Crippen molar-refractivity contribution >= 4 is 21.8 Å². The Kier molecular flexibility index (Phi) is 4.22. The average Bonchev–Trinajstić information content (AvgIpc) is 3.24. The fraction of sp³-hybridized carbons (Fsp3) is 0.333. The van der Waals surface area contributed by atoms with Crippen LogP contribution in [-0.2, 0) is 10.0 Å². The summed E-state index contributed by atoms with van der Waals surface area (Å²) < 4.78 is 28.0. The van der Waals surface area contributed by atoms with E-state index in [1.807, 2.05) is 19.1 Å². The Balaban J connectivity index is 1.62. The third kappa shape index (κ3) is 2.78. The van der Waals surface area contributed by atoms with Crippen molar-refractivity contribution in [3.63, 3.8) is 0 Å². The van der Waals surface area contributed by atoms with Crippen LogP contribution in [0.5, 0.6) is 0 Å². The molecule has 7 nitrogen and oxygen atoms in total. The third-order valence-electron chi connectivity index (χ3n) is 5.73. The van der Waals surface area contributed by atoms with E-state index in [2.05, 4.69) is 10.0 Å². The molecule has 1 fully saturated rings. The van der Waals surface area contributed by atoms with E-state index < -0.39 is 16.3 Å². The number of fused-ring (bicyclic) bond motifs is 3. The number of hydrogen-bond acceptors (Lipinski definition) is 5. The number of piperidine rings is 1. The number of benzene rings is 2. The molecule has 1 atom stereocenters. The molecule has 150 valence electrons. The van der Waals surface area contributed by atoms with Crippen molar-refractivity contribution in [2.45, 2.75) is 37.4 Å². The maximum Gasteiger partial charge on any atom is 0.277 e. The number of likely N-dealkylation sites (tertiary alicyclic amines) is 1. The van der Waals surface area contributed by atoms with Gasteiger partial charge in [-0.15, -0.1) is 5.10 Å². The molecule has 0 unspecified atom stereocenters. The minimum atomic E-state index is -3.77. The number of carbonyl (C=O) groups excluding carboxylic acids is 1. The number of hydrogen-bond donors (Lipinski definition) is 0. The van der Waals surface area contributed by atoms with Gasteiger partial charge in [0.1, 0.15) is 0 Å². The maximum absolute atomic E-state index is 13.3. The monoisotopic (exact) mass is 410 g/mol. The molecule has 29 heavy (non-hydrogen) atoms. The first-order valence-corrected chi connectivity index (χ1v) is 11.3. The molecular formula is C21H22N4O3S. The van der Waals surface area contributed by atoms with Crippen molar-refractivity contribution in [2.75, 3.05) is 13.1 Å². The summed E-state index contributed by atoms with van der Waals surface area (Å²) in [6.07, 6.45) is 2.28. The molecule has 5 rings (SSSR count). The summed E-state index contributed by atoms with van der Waals surface area (Å²) in [6, 6.07) is 14.1. The molecule has 0 aromatic heterocycles. The van der Waals surface area contributed by atoms with Crippen LogP contribution in [-0.4, -0.2) is 53.8 Å². The first-order valence-electron chi connectivity index (χ1n) is 9.85. The van der Waals surface area contributed by atoms with Crippen LogP contribution in [0.1, 0.15) is 40.7 Å². The predicted octanol–water partition coefficient (Wildman–Crippen LogP) is 2.59. The Hall–Kier alpha value is -2.71. The van der Waals surface area contributed by atoms with Gasteiger partial charge in [-0.25, -0.2) is 12.7 Å². The highest BCUT2D eigenvalue weighted by Gasteiger charge is 2.53. The lowest BCUT2D eigenvalue weighted by Gasteiger charge is -2.38. The number of rotatable bonds is 2. The van der Waals surface area contributed by atoms with Crippen molar-refractivity contribution in [1.29, 1.82) is 0 Å². The number of nitrogens with zero attached hydrogens (tertiary/aromatic N) is 4. The average molecular weight is 410 g/mol. The summed E-state index contributed by atoms with van der Waals surface area (Å²) in [7, 11) is -3.77. The number of amides is 1. The summed E-state index contributed by atoms with van der Waals surface area (Å²) >= 11 is 0. The van der Waals surface area contributed by atoms with E-state index in [4.69, 9.17) is 0 Å². The van der Waals surface area contributed by atoms with Gasteiger partial charge in [-0.05, 0) is 44.0 Å². The van der Waals surface area contributed by atoms with Crippen LogP contribution < -0.4 is 0 Å². The predicted molar refractivity (Wildman–Crippen MR) is 109 cm³/mol. The smallest absolute Gasteiger partial charge is 0.267 e. The van der Waals surface area contributed by atoms with Gasteiger partial charge in [0.25, 0.3) is 15.9 Å². The maximum atomic E-state index is 13.3. The standard InChI is InChI=1S/C21H22N4O3S/c1-15-9-11-16(12-10-15)20(26)24-21(23-13-5-2-6-14-23)25-19(22-24)17-7-3-4-8-18(17)29(25,27)28/h3-4,7-12,21H,2,5-6,13-14H2,1H3/t21-/m0/s1. The van der Waals surface area contributed by atoms with E-state index in [0.717, 1.165) is 37.9 Å². The largest absolute Gasteiger partial charge is 0.277 e. The lowest BCUT2D eigenvalue weighted by Crippen LogP contribution is -2.56. The van der Waals surface area contributed by atoms with Gasteiger partial charge < -0.3 is 0 Å². The van der Waals surface area contributed by atoms with Crippen molar-refractivity contribution in [2.24, 2.45) is 5.10 Å². The van der Waals surface area contributed by atoms with Gasteiger partial charge >= 0.3 is 0 Å². The summed E-state index contributed by atoms with van der Waals surface area (Å²) in [6.45, 7) is 3.42. The first-order chi connectivity index (χ1) is 14.0. The van der Waals surface area contributed by atoms with E-state index in [1.165, 1.54) is 9.31 Å². The molecule has 0 radical (unpaired) electrons. The minimum Gasteiger partial charge on any atom is -0.267 e. The second-order valence-electron chi connectivity index (χ2n) is 7.68. The van der Waals surface area contributed by atoms with Crippen LogP contribution >= 0.6 is 0 Å². The van der Waals surface area contributed by atoms with Crippen molar-refractivity contribution in [3.05, 3.63) is 65.2 Å². The van der Waals surface area contributed by atoms with Crippen LogP contribution in [0, 0.1) is 6.92 Å². The van der Waals surface area contributed by atoms with E-state index in [9.17, 15) is 13.2 Å². The van der Waals surface area contributed by atoms with Crippen molar-refractivity contribution in [3.8, 4) is 0 Å². The SMILES string of the molecule is Cc1ccc(C(=O)N2N=C3c4ccccc4S(=O)(=O)N3[C@H]2N2CCCCC2)cc1. The summed E-state index contributed by atoms with van der Waals surface area (Å²) in [5.41, 5.74) is 2.10. The fourth-order valence-electron chi connectivity index (χ4n) is 4.23. The van der Waals surface area contributed by atoms with Crippen molar-refractivity contribution in [1.82, 2.24) is 14.2 Å². The number of carbonyl (C=O) groups is 1. The highest BCUT2D eigenvalue weighted by molar-refractivity contribution is 7.90. The molecular weight excluding hydrogens is 388 g/mol. The molecule has 0 aliphatic carbocycles. The second kappa shape index (κ2) is 6.67.